The standard InChI is InChI=1S/C24H27N5O6/c1-2-33-20(30)14-34-27-21(18-7-10-25-26-18)23(31)28-11-8-16(9-12-28)29-22-17-6-4-3-5-15(17)13-19(22)35-24(29)32/h3-7,10,16,19,22H,2,8-9,11-14H2,1H3,(H,25,26)/b27-21+/t19-,22+/m1/s1. The normalized spacial score (nSPS) is 22.0. The van der Waals surface area contributed by atoms with Gasteiger partial charge in [0.2, 0.25) is 6.61 Å². The molecule has 3 heterocycles. The Kier molecular flexibility index (Phi) is 6.39. The van der Waals surface area contributed by atoms with E-state index >= 15 is 0 Å². The minimum absolute atomic E-state index is 0.0237. The summed E-state index contributed by atoms with van der Waals surface area (Å²) in [7, 11) is 0. The van der Waals surface area contributed by atoms with E-state index in [1.54, 1.807) is 17.9 Å². The molecule has 2 saturated heterocycles. The van der Waals surface area contributed by atoms with E-state index in [1.807, 2.05) is 17.0 Å². The van der Waals surface area contributed by atoms with Crippen molar-refractivity contribution in [2.45, 2.75) is 44.4 Å². The molecule has 5 rings (SSSR count). The fourth-order valence-electron chi connectivity index (χ4n) is 5.09. The molecular formula is C24H27N5O6. The molecule has 11 heteroatoms. The first-order valence-electron chi connectivity index (χ1n) is 11.8. The van der Waals surface area contributed by atoms with Crippen LogP contribution in [0.15, 0.2) is 41.7 Å². The topological polar surface area (TPSA) is 126 Å². The van der Waals surface area contributed by atoms with Crippen LogP contribution in [0.25, 0.3) is 0 Å². The zero-order chi connectivity index (χ0) is 24.4. The molecular weight excluding hydrogens is 454 g/mol. The molecule has 0 bridgehead atoms. The van der Waals surface area contributed by atoms with E-state index in [0.29, 0.717) is 31.6 Å². The number of carbonyl (C=O) groups excluding carboxylic acids is 3. The zero-order valence-corrected chi connectivity index (χ0v) is 19.4. The second-order valence-electron chi connectivity index (χ2n) is 8.69. The molecule has 0 spiro atoms. The summed E-state index contributed by atoms with van der Waals surface area (Å²) in [6, 6.07) is 9.65. The van der Waals surface area contributed by atoms with E-state index < -0.39 is 12.6 Å². The SMILES string of the molecule is CCOC(=O)CO/N=C(/C(=O)N1CCC(N2C(=O)O[C@@H]3Cc4ccccc4[C@@H]32)CC1)c1ccn[nH]1. The highest BCUT2D eigenvalue weighted by molar-refractivity contribution is 6.44. The Morgan fingerprint density at radius 2 is 2.03 bits per heavy atom. The third kappa shape index (κ3) is 4.45. The number of amides is 2. The Morgan fingerprint density at radius 3 is 2.77 bits per heavy atom. The van der Waals surface area contributed by atoms with Crippen molar-refractivity contribution in [1.29, 1.82) is 0 Å². The summed E-state index contributed by atoms with van der Waals surface area (Å²) in [5.41, 5.74) is 2.77. The van der Waals surface area contributed by atoms with Crippen LogP contribution in [-0.4, -0.2) is 82.1 Å². The molecule has 3 aliphatic rings. The van der Waals surface area contributed by atoms with Gasteiger partial charge in [-0.25, -0.2) is 9.59 Å². The number of likely N-dealkylation sites (tertiary alicyclic amines) is 1. The zero-order valence-electron chi connectivity index (χ0n) is 19.4. The number of H-pyrrole nitrogens is 1. The molecule has 0 saturated carbocycles. The molecule has 2 fully saturated rings. The molecule has 0 unspecified atom stereocenters. The van der Waals surface area contributed by atoms with Crippen LogP contribution < -0.4 is 0 Å². The molecule has 184 valence electrons. The van der Waals surface area contributed by atoms with Gasteiger partial charge in [-0.2, -0.15) is 5.10 Å². The lowest BCUT2D eigenvalue weighted by Crippen LogP contribution is -2.49. The van der Waals surface area contributed by atoms with E-state index in [4.69, 9.17) is 14.3 Å². The number of hydrogen-bond acceptors (Lipinski definition) is 8. The maximum atomic E-state index is 13.3. The number of ether oxygens (including phenoxy) is 2. The van der Waals surface area contributed by atoms with Gasteiger partial charge in [0.15, 0.2) is 5.71 Å². The molecule has 2 amide bonds. The van der Waals surface area contributed by atoms with E-state index in [9.17, 15) is 14.4 Å². The number of carbonyl (C=O) groups is 3. The Bertz CT molecular complexity index is 1130. The Morgan fingerprint density at radius 1 is 1.23 bits per heavy atom. The number of nitrogens with one attached hydrogen (secondary N) is 1. The number of nitrogens with zero attached hydrogens (tertiary/aromatic N) is 4. The number of benzene rings is 1. The van der Waals surface area contributed by atoms with Crippen LogP contribution in [0.3, 0.4) is 0 Å². The van der Waals surface area contributed by atoms with Crippen LogP contribution in [0.5, 0.6) is 0 Å². The number of fused-ring (bicyclic) bond motifs is 3. The van der Waals surface area contributed by atoms with Gasteiger partial charge < -0.3 is 19.2 Å². The molecule has 2 aromatic rings. The predicted octanol–water partition coefficient (Wildman–Crippen LogP) is 1.80. The Hall–Kier alpha value is -3.89. The van der Waals surface area contributed by atoms with Crippen LogP contribution >= 0.6 is 0 Å². The van der Waals surface area contributed by atoms with E-state index in [1.165, 1.54) is 11.8 Å². The number of piperidine rings is 1. The molecule has 1 aliphatic carbocycles. The van der Waals surface area contributed by atoms with Gasteiger partial charge in [0.25, 0.3) is 5.91 Å². The van der Waals surface area contributed by atoms with Gasteiger partial charge in [0.05, 0.1) is 18.3 Å². The molecule has 1 aromatic carbocycles. The molecule has 2 aliphatic heterocycles. The highest BCUT2D eigenvalue weighted by Crippen LogP contribution is 2.44. The van der Waals surface area contributed by atoms with Crippen molar-refractivity contribution in [2.75, 3.05) is 26.3 Å². The number of rotatable bonds is 7. The third-order valence-corrected chi connectivity index (χ3v) is 6.66. The van der Waals surface area contributed by atoms with E-state index in [-0.39, 0.29) is 42.5 Å². The van der Waals surface area contributed by atoms with E-state index in [2.05, 4.69) is 27.5 Å². The van der Waals surface area contributed by atoms with Crippen molar-refractivity contribution in [2.24, 2.45) is 5.16 Å². The molecule has 2 atom stereocenters. The van der Waals surface area contributed by atoms with Crippen LogP contribution in [0.1, 0.15) is 42.6 Å². The summed E-state index contributed by atoms with van der Waals surface area (Å²) in [6.07, 6.45) is 3.03. The quantitative estimate of drug-likeness (QED) is 0.363. The predicted molar refractivity (Wildman–Crippen MR) is 122 cm³/mol. The van der Waals surface area contributed by atoms with Gasteiger partial charge in [-0.1, -0.05) is 29.4 Å². The smallest absolute Gasteiger partial charge is 0.411 e. The highest BCUT2D eigenvalue weighted by Gasteiger charge is 2.50. The van der Waals surface area contributed by atoms with Crippen LogP contribution in [0.4, 0.5) is 4.79 Å². The first-order chi connectivity index (χ1) is 17.1. The van der Waals surface area contributed by atoms with Crippen LogP contribution in [0.2, 0.25) is 0 Å². The van der Waals surface area contributed by atoms with Gasteiger partial charge in [-0.05, 0) is 37.0 Å². The lowest BCUT2D eigenvalue weighted by atomic mass is 9.98. The first-order valence-corrected chi connectivity index (χ1v) is 11.8. The maximum Gasteiger partial charge on any atom is 0.411 e. The fourth-order valence-corrected chi connectivity index (χ4v) is 5.09. The first kappa shape index (κ1) is 22.9. The summed E-state index contributed by atoms with van der Waals surface area (Å²) >= 11 is 0. The fraction of sp³-hybridized carbons (Fsp3) is 0.458. The molecule has 0 radical (unpaired) electrons. The van der Waals surface area contributed by atoms with Gasteiger partial charge in [0.1, 0.15) is 6.10 Å². The average Bonchev–Trinajstić information content (AvgIpc) is 3.58. The number of esters is 1. The molecule has 1 aromatic heterocycles. The van der Waals surface area contributed by atoms with Gasteiger partial charge in [-0.3, -0.25) is 14.8 Å². The number of oxime groups is 1. The van der Waals surface area contributed by atoms with Crippen molar-refractivity contribution < 1.29 is 28.7 Å². The Balaban J connectivity index is 1.25. The second-order valence-corrected chi connectivity index (χ2v) is 8.69. The van der Waals surface area contributed by atoms with Gasteiger partial charge in [-0.15, -0.1) is 0 Å². The summed E-state index contributed by atoms with van der Waals surface area (Å²) in [4.78, 5) is 46.2. The molecule has 11 nitrogen and oxygen atoms in total. The monoisotopic (exact) mass is 481 g/mol. The van der Waals surface area contributed by atoms with Crippen molar-refractivity contribution in [1.82, 2.24) is 20.0 Å². The van der Waals surface area contributed by atoms with Crippen molar-refractivity contribution in [3.05, 3.63) is 53.3 Å². The highest BCUT2D eigenvalue weighted by atomic mass is 16.7. The largest absolute Gasteiger partial charge is 0.463 e. The molecule has 1 N–H and O–H groups in total. The summed E-state index contributed by atoms with van der Waals surface area (Å²) in [5.74, 6) is -0.914. The lowest BCUT2D eigenvalue weighted by Gasteiger charge is -2.37. The van der Waals surface area contributed by atoms with Crippen molar-refractivity contribution in [3.8, 4) is 0 Å². The lowest BCUT2D eigenvalue weighted by molar-refractivity contribution is -0.148. The Labute approximate surface area is 202 Å². The van der Waals surface area contributed by atoms with Crippen molar-refractivity contribution in [3.63, 3.8) is 0 Å². The minimum Gasteiger partial charge on any atom is -0.463 e. The van der Waals surface area contributed by atoms with Crippen LogP contribution in [0, 0.1) is 0 Å². The average molecular weight is 482 g/mol. The van der Waals surface area contributed by atoms with E-state index in [0.717, 1.165) is 12.0 Å². The molecule has 35 heavy (non-hydrogen) atoms. The van der Waals surface area contributed by atoms with Gasteiger partial charge >= 0.3 is 12.1 Å². The summed E-state index contributed by atoms with van der Waals surface area (Å²) in [5, 5.41) is 10.5. The van der Waals surface area contributed by atoms with Gasteiger partial charge in [0, 0.05) is 31.7 Å². The summed E-state index contributed by atoms with van der Waals surface area (Å²) < 4.78 is 10.5. The third-order valence-electron chi connectivity index (χ3n) is 6.66. The number of aromatic amines is 1. The number of hydrogen-bond donors (Lipinski definition) is 1. The second kappa shape index (κ2) is 9.77. The number of aromatic nitrogens is 2. The maximum absolute atomic E-state index is 13.3. The van der Waals surface area contributed by atoms with Crippen LogP contribution in [-0.2, 0) is 30.3 Å². The summed E-state index contributed by atoms with van der Waals surface area (Å²) in [6.45, 7) is 2.40. The van der Waals surface area contributed by atoms with Crippen molar-refractivity contribution >= 4 is 23.7 Å². The minimum atomic E-state index is -0.572.